The number of benzene rings is 1. The summed E-state index contributed by atoms with van der Waals surface area (Å²) in [4.78, 5) is 14.0. The molecular formula is C15H22FNO2. The molecule has 4 heteroatoms. The second-order valence-electron chi connectivity index (χ2n) is 4.58. The number of amides is 1. The molecule has 106 valence electrons. The molecule has 0 fully saturated rings. The molecule has 0 aromatic heterocycles. The van der Waals surface area contributed by atoms with Crippen LogP contribution in [0.3, 0.4) is 0 Å². The molecule has 0 spiro atoms. The number of aliphatic hydroxyl groups excluding tert-OH is 1. The quantitative estimate of drug-likeness (QED) is 0.824. The Labute approximate surface area is 114 Å². The van der Waals surface area contributed by atoms with Gasteiger partial charge < -0.3 is 10.0 Å². The van der Waals surface area contributed by atoms with Crippen molar-refractivity contribution in [3.8, 4) is 0 Å². The van der Waals surface area contributed by atoms with Gasteiger partial charge in [-0.2, -0.15) is 0 Å². The van der Waals surface area contributed by atoms with Gasteiger partial charge in [0, 0.05) is 12.6 Å². The first-order valence-corrected chi connectivity index (χ1v) is 6.77. The van der Waals surface area contributed by atoms with Crippen molar-refractivity contribution in [2.45, 2.75) is 39.2 Å². The second kappa shape index (κ2) is 7.89. The fraction of sp³-hybridized carbons (Fsp3) is 0.533. The van der Waals surface area contributed by atoms with Crippen molar-refractivity contribution in [1.29, 1.82) is 0 Å². The third kappa shape index (κ3) is 4.63. The maximum absolute atomic E-state index is 12.8. The summed E-state index contributed by atoms with van der Waals surface area (Å²) in [5.74, 6) is -0.322. The monoisotopic (exact) mass is 267 g/mol. The molecule has 1 amide bonds. The standard InChI is InChI=1S/C15H22FNO2/c1-3-14(4-2)17(9-10-18)15(19)11-12-5-7-13(16)8-6-12/h5-8,14,18H,3-4,9-11H2,1-2H3. The van der Waals surface area contributed by atoms with Gasteiger partial charge in [-0.3, -0.25) is 4.79 Å². The Bertz CT molecular complexity index is 388. The lowest BCUT2D eigenvalue weighted by Crippen LogP contribution is -2.42. The molecule has 0 aliphatic rings. The van der Waals surface area contributed by atoms with Crippen LogP contribution >= 0.6 is 0 Å². The number of hydrogen-bond donors (Lipinski definition) is 1. The lowest BCUT2D eigenvalue weighted by Gasteiger charge is -2.30. The van der Waals surface area contributed by atoms with E-state index in [1.807, 2.05) is 13.8 Å². The van der Waals surface area contributed by atoms with Crippen LogP contribution in [0.4, 0.5) is 4.39 Å². The Morgan fingerprint density at radius 1 is 1.26 bits per heavy atom. The van der Waals surface area contributed by atoms with E-state index in [9.17, 15) is 9.18 Å². The molecule has 0 radical (unpaired) electrons. The van der Waals surface area contributed by atoms with Crippen LogP contribution in [-0.2, 0) is 11.2 Å². The number of nitrogens with zero attached hydrogens (tertiary/aromatic N) is 1. The van der Waals surface area contributed by atoms with Crippen molar-refractivity contribution in [1.82, 2.24) is 4.90 Å². The molecule has 0 heterocycles. The maximum Gasteiger partial charge on any atom is 0.227 e. The van der Waals surface area contributed by atoms with Crippen molar-refractivity contribution in [3.05, 3.63) is 35.6 Å². The number of carbonyl (C=O) groups is 1. The van der Waals surface area contributed by atoms with Crippen molar-refractivity contribution < 1.29 is 14.3 Å². The van der Waals surface area contributed by atoms with Gasteiger partial charge in [0.05, 0.1) is 13.0 Å². The highest BCUT2D eigenvalue weighted by Gasteiger charge is 2.20. The number of hydrogen-bond acceptors (Lipinski definition) is 2. The van der Waals surface area contributed by atoms with Crippen LogP contribution in [0.25, 0.3) is 0 Å². The predicted molar refractivity (Wildman–Crippen MR) is 73.3 cm³/mol. The van der Waals surface area contributed by atoms with Crippen LogP contribution in [0, 0.1) is 5.82 Å². The summed E-state index contributed by atoms with van der Waals surface area (Å²) >= 11 is 0. The minimum absolute atomic E-state index is 0.0191. The first-order chi connectivity index (χ1) is 9.12. The predicted octanol–water partition coefficient (Wildman–Crippen LogP) is 2.38. The Morgan fingerprint density at radius 2 is 1.84 bits per heavy atom. The van der Waals surface area contributed by atoms with Crippen LogP contribution in [0.2, 0.25) is 0 Å². The first-order valence-electron chi connectivity index (χ1n) is 6.77. The van der Waals surface area contributed by atoms with Crippen molar-refractivity contribution in [2.75, 3.05) is 13.2 Å². The maximum atomic E-state index is 12.8. The van der Waals surface area contributed by atoms with Crippen molar-refractivity contribution >= 4 is 5.91 Å². The zero-order chi connectivity index (χ0) is 14.3. The van der Waals surface area contributed by atoms with E-state index in [0.29, 0.717) is 6.54 Å². The summed E-state index contributed by atoms with van der Waals surface area (Å²) < 4.78 is 12.8. The van der Waals surface area contributed by atoms with Gasteiger partial charge in [-0.25, -0.2) is 4.39 Å². The van der Waals surface area contributed by atoms with E-state index in [-0.39, 0.29) is 30.8 Å². The summed E-state index contributed by atoms with van der Waals surface area (Å²) in [6.07, 6.45) is 1.98. The smallest absolute Gasteiger partial charge is 0.227 e. The van der Waals surface area contributed by atoms with Gasteiger partial charge in [-0.05, 0) is 30.5 Å². The molecule has 19 heavy (non-hydrogen) atoms. The summed E-state index contributed by atoms with van der Waals surface area (Å²) in [5.41, 5.74) is 0.792. The zero-order valence-electron chi connectivity index (χ0n) is 11.6. The van der Waals surface area contributed by atoms with E-state index in [1.165, 1.54) is 12.1 Å². The van der Waals surface area contributed by atoms with Gasteiger partial charge in [0.1, 0.15) is 5.82 Å². The average molecular weight is 267 g/mol. The molecule has 0 saturated heterocycles. The van der Waals surface area contributed by atoms with Crippen molar-refractivity contribution in [2.24, 2.45) is 0 Å². The lowest BCUT2D eigenvalue weighted by atomic mass is 10.1. The Hall–Kier alpha value is -1.42. The van der Waals surface area contributed by atoms with Crippen LogP contribution in [-0.4, -0.2) is 35.1 Å². The van der Waals surface area contributed by atoms with E-state index >= 15 is 0 Å². The van der Waals surface area contributed by atoms with E-state index in [0.717, 1.165) is 18.4 Å². The Balaban J connectivity index is 2.73. The Kier molecular flexibility index (Phi) is 6.50. The fourth-order valence-corrected chi connectivity index (χ4v) is 2.23. The fourth-order valence-electron chi connectivity index (χ4n) is 2.23. The second-order valence-corrected chi connectivity index (χ2v) is 4.58. The number of halogens is 1. The summed E-state index contributed by atoms with van der Waals surface area (Å²) in [5, 5.41) is 9.08. The molecular weight excluding hydrogens is 245 g/mol. The lowest BCUT2D eigenvalue weighted by molar-refractivity contribution is -0.133. The number of carbonyl (C=O) groups excluding carboxylic acids is 1. The minimum Gasteiger partial charge on any atom is -0.395 e. The molecule has 1 rings (SSSR count). The molecule has 0 saturated carbocycles. The molecule has 0 aliphatic heterocycles. The van der Waals surface area contributed by atoms with Gasteiger partial charge in [0.15, 0.2) is 0 Å². The van der Waals surface area contributed by atoms with E-state index < -0.39 is 0 Å². The largest absolute Gasteiger partial charge is 0.395 e. The van der Waals surface area contributed by atoms with Crippen LogP contribution in [0.5, 0.6) is 0 Å². The topological polar surface area (TPSA) is 40.5 Å². The molecule has 1 aromatic rings. The van der Waals surface area contributed by atoms with Gasteiger partial charge in [0.25, 0.3) is 0 Å². The summed E-state index contributed by atoms with van der Waals surface area (Å²) in [6, 6.07) is 6.11. The number of rotatable bonds is 7. The SMILES string of the molecule is CCC(CC)N(CCO)C(=O)Cc1ccc(F)cc1. The summed E-state index contributed by atoms with van der Waals surface area (Å²) in [6.45, 7) is 4.38. The highest BCUT2D eigenvalue weighted by atomic mass is 19.1. The molecule has 1 N–H and O–H groups in total. The zero-order valence-corrected chi connectivity index (χ0v) is 11.6. The highest BCUT2D eigenvalue weighted by Crippen LogP contribution is 2.12. The summed E-state index contributed by atoms with van der Waals surface area (Å²) in [7, 11) is 0. The highest BCUT2D eigenvalue weighted by molar-refractivity contribution is 5.79. The Morgan fingerprint density at radius 3 is 2.32 bits per heavy atom. The van der Waals surface area contributed by atoms with E-state index in [2.05, 4.69) is 0 Å². The van der Waals surface area contributed by atoms with Crippen LogP contribution < -0.4 is 0 Å². The van der Waals surface area contributed by atoms with Crippen LogP contribution in [0.1, 0.15) is 32.3 Å². The molecule has 1 aromatic carbocycles. The van der Waals surface area contributed by atoms with E-state index in [4.69, 9.17) is 5.11 Å². The normalized spacial score (nSPS) is 10.8. The molecule has 0 atom stereocenters. The molecule has 0 aliphatic carbocycles. The molecule has 0 unspecified atom stereocenters. The average Bonchev–Trinajstić information content (AvgIpc) is 2.41. The van der Waals surface area contributed by atoms with Gasteiger partial charge in [-0.1, -0.05) is 26.0 Å². The van der Waals surface area contributed by atoms with Gasteiger partial charge >= 0.3 is 0 Å². The first kappa shape index (κ1) is 15.6. The molecule has 3 nitrogen and oxygen atoms in total. The third-order valence-electron chi connectivity index (χ3n) is 3.31. The molecule has 0 bridgehead atoms. The van der Waals surface area contributed by atoms with Gasteiger partial charge in [0.2, 0.25) is 5.91 Å². The minimum atomic E-state index is -0.302. The number of aliphatic hydroxyl groups is 1. The van der Waals surface area contributed by atoms with Crippen LogP contribution in [0.15, 0.2) is 24.3 Å². The van der Waals surface area contributed by atoms with Gasteiger partial charge in [-0.15, -0.1) is 0 Å². The third-order valence-corrected chi connectivity index (χ3v) is 3.31. The van der Waals surface area contributed by atoms with Crippen molar-refractivity contribution in [3.63, 3.8) is 0 Å². The van der Waals surface area contributed by atoms with E-state index in [1.54, 1.807) is 17.0 Å².